The first-order valence-corrected chi connectivity index (χ1v) is 10.9. The van der Waals surface area contributed by atoms with E-state index in [0.717, 1.165) is 4.47 Å². The molecule has 0 unspecified atom stereocenters. The Morgan fingerprint density at radius 2 is 2.07 bits per heavy atom. The lowest BCUT2D eigenvalue weighted by Gasteiger charge is -2.15. The minimum Gasteiger partial charge on any atom is -0.325 e. The second-order valence-corrected chi connectivity index (χ2v) is 9.01. The van der Waals surface area contributed by atoms with E-state index < -0.39 is 0 Å². The summed E-state index contributed by atoms with van der Waals surface area (Å²) in [5, 5.41) is 4.40. The molecule has 1 heterocycles. The number of halogens is 2. The van der Waals surface area contributed by atoms with Crippen molar-refractivity contribution in [2.75, 3.05) is 11.1 Å². The molecule has 3 rings (SSSR count). The quantitative estimate of drug-likeness (QED) is 0.389. The average molecular weight is 481 g/mol. The van der Waals surface area contributed by atoms with Gasteiger partial charge in [-0.3, -0.25) is 14.2 Å². The maximum atomic E-state index is 12.9. The Morgan fingerprint density at radius 3 is 2.79 bits per heavy atom. The van der Waals surface area contributed by atoms with Crippen molar-refractivity contribution >= 4 is 61.8 Å². The van der Waals surface area contributed by atoms with Gasteiger partial charge in [0.25, 0.3) is 5.56 Å². The van der Waals surface area contributed by atoms with E-state index in [4.69, 9.17) is 11.6 Å². The number of thioether (sulfide) groups is 1. The highest BCUT2D eigenvalue weighted by Crippen LogP contribution is 2.22. The average Bonchev–Trinajstić information content (AvgIpc) is 2.62. The topological polar surface area (TPSA) is 64.0 Å². The molecule has 0 saturated heterocycles. The zero-order valence-electron chi connectivity index (χ0n) is 15.4. The molecule has 1 aromatic heterocycles. The lowest BCUT2D eigenvalue weighted by molar-refractivity contribution is -0.113. The fraction of sp³-hybridized carbons (Fsp3) is 0.250. The summed E-state index contributed by atoms with van der Waals surface area (Å²) in [6.45, 7) is 4.60. The molecule has 0 fully saturated rings. The van der Waals surface area contributed by atoms with Crippen molar-refractivity contribution < 1.29 is 4.79 Å². The van der Waals surface area contributed by atoms with Crippen LogP contribution >= 0.6 is 39.3 Å². The minimum absolute atomic E-state index is 0.120. The van der Waals surface area contributed by atoms with Crippen molar-refractivity contribution in [3.05, 3.63) is 62.3 Å². The van der Waals surface area contributed by atoms with Gasteiger partial charge in [-0.15, -0.1) is 0 Å². The molecule has 2 aromatic carbocycles. The van der Waals surface area contributed by atoms with Crippen LogP contribution in [0, 0.1) is 5.92 Å². The summed E-state index contributed by atoms with van der Waals surface area (Å²) in [5.74, 6) is 0.238. The fourth-order valence-electron chi connectivity index (χ4n) is 2.70. The number of rotatable bonds is 6. The lowest BCUT2D eigenvalue weighted by atomic mass is 10.2. The third-order valence-electron chi connectivity index (χ3n) is 3.87. The Bertz CT molecular complexity index is 1080. The van der Waals surface area contributed by atoms with Gasteiger partial charge in [-0.25, -0.2) is 4.98 Å². The van der Waals surface area contributed by atoms with Gasteiger partial charge in [0.1, 0.15) is 0 Å². The summed E-state index contributed by atoms with van der Waals surface area (Å²) in [6, 6.07) is 12.4. The van der Waals surface area contributed by atoms with Crippen LogP contribution in [0.2, 0.25) is 5.02 Å². The Morgan fingerprint density at radius 1 is 1.29 bits per heavy atom. The maximum absolute atomic E-state index is 12.9. The van der Waals surface area contributed by atoms with Crippen LogP contribution in [-0.2, 0) is 11.3 Å². The summed E-state index contributed by atoms with van der Waals surface area (Å²) < 4.78 is 2.52. The third kappa shape index (κ3) is 5.16. The molecule has 3 aromatic rings. The molecule has 28 heavy (non-hydrogen) atoms. The fourth-order valence-corrected chi connectivity index (χ4v) is 4.08. The van der Waals surface area contributed by atoms with Crippen LogP contribution in [0.5, 0.6) is 0 Å². The van der Waals surface area contributed by atoms with Crippen LogP contribution in [-0.4, -0.2) is 21.2 Å². The van der Waals surface area contributed by atoms with Crippen LogP contribution in [0.1, 0.15) is 13.8 Å². The summed E-state index contributed by atoms with van der Waals surface area (Å²) in [5.41, 5.74) is 1.12. The third-order valence-corrected chi connectivity index (χ3v) is 5.58. The summed E-state index contributed by atoms with van der Waals surface area (Å²) in [6.07, 6.45) is 0. The number of nitrogens with zero attached hydrogens (tertiary/aromatic N) is 2. The predicted molar refractivity (Wildman–Crippen MR) is 119 cm³/mol. The van der Waals surface area contributed by atoms with Crippen molar-refractivity contribution in [3.63, 3.8) is 0 Å². The number of anilines is 1. The smallest absolute Gasteiger partial charge is 0.262 e. The molecule has 146 valence electrons. The molecular formula is C20H19BrClN3O2S. The first kappa shape index (κ1) is 20.9. The van der Waals surface area contributed by atoms with Crippen LogP contribution in [0.25, 0.3) is 10.9 Å². The normalized spacial score (nSPS) is 11.2. The van der Waals surface area contributed by atoms with E-state index in [2.05, 4.69) is 26.2 Å². The monoisotopic (exact) mass is 479 g/mol. The molecule has 0 bridgehead atoms. The molecule has 1 N–H and O–H groups in total. The van der Waals surface area contributed by atoms with Gasteiger partial charge in [-0.05, 0) is 42.3 Å². The number of fused-ring (bicyclic) bond motifs is 1. The van der Waals surface area contributed by atoms with Gasteiger partial charge in [-0.2, -0.15) is 0 Å². The first-order valence-electron chi connectivity index (χ1n) is 8.72. The minimum atomic E-state index is -0.167. The van der Waals surface area contributed by atoms with Crippen molar-refractivity contribution in [2.45, 2.75) is 25.5 Å². The molecule has 8 heteroatoms. The van der Waals surface area contributed by atoms with E-state index in [1.54, 1.807) is 22.8 Å². The lowest BCUT2D eigenvalue weighted by Crippen LogP contribution is -2.26. The highest BCUT2D eigenvalue weighted by Gasteiger charge is 2.15. The predicted octanol–water partition coefficient (Wildman–Crippen LogP) is 5.20. The standard InChI is InChI=1S/C20H19BrClN3O2S/c1-12(2)10-25-19(27)16-7-6-14(22)9-17(16)24-20(25)28-11-18(26)23-15-5-3-4-13(21)8-15/h3-9,12H,10-11H2,1-2H3,(H,23,26). The number of hydrogen-bond donors (Lipinski definition) is 1. The number of nitrogens with one attached hydrogen (secondary N) is 1. The molecule has 1 amide bonds. The van der Waals surface area contributed by atoms with Gasteiger partial charge in [0, 0.05) is 21.7 Å². The van der Waals surface area contributed by atoms with Crippen LogP contribution in [0.4, 0.5) is 5.69 Å². The van der Waals surface area contributed by atoms with E-state index in [9.17, 15) is 9.59 Å². The van der Waals surface area contributed by atoms with E-state index in [0.29, 0.717) is 33.3 Å². The Balaban J connectivity index is 1.86. The van der Waals surface area contributed by atoms with Gasteiger partial charge in [0.2, 0.25) is 5.91 Å². The molecule has 5 nitrogen and oxygen atoms in total. The second kappa shape index (κ2) is 9.11. The maximum Gasteiger partial charge on any atom is 0.262 e. The Hall–Kier alpha value is -1.83. The molecule has 0 aliphatic carbocycles. The van der Waals surface area contributed by atoms with Gasteiger partial charge in [-0.1, -0.05) is 59.2 Å². The Kier molecular flexibility index (Phi) is 6.80. The number of amides is 1. The zero-order valence-corrected chi connectivity index (χ0v) is 18.6. The largest absolute Gasteiger partial charge is 0.325 e. The van der Waals surface area contributed by atoms with Crippen molar-refractivity contribution in [3.8, 4) is 0 Å². The van der Waals surface area contributed by atoms with E-state index in [1.165, 1.54) is 11.8 Å². The number of benzene rings is 2. The van der Waals surface area contributed by atoms with Gasteiger partial charge in [0.05, 0.1) is 16.7 Å². The van der Waals surface area contributed by atoms with Crippen molar-refractivity contribution in [1.29, 1.82) is 0 Å². The van der Waals surface area contributed by atoms with E-state index >= 15 is 0 Å². The molecule has 0 spiro atoms. The molecule has 0 aliphatic heterocycles. The first-order chi connectivity index (χ1) is 13.3. The van der Waals surface area contributed by atoms with Gasteiger partial charge in [0.15, 0.2) is 5.16 Å². The zero-order chi connectivity index (χ0) is 20.3. The highest BCUT2D eigenvalue weighted by molar-refractivity contribution is 9.10. The van der Waals surface area contributed by atoms with Gasteiger partial charge < -0.3 is 5.32 Å². The highest BCUT2D eigenvalue weighted by atomic mass is 79.9. The van der Waals surface area contributed by atoms with Crippen molar-refractivity contribution in [2.24, 2.45) is 5.92 Å². The summed E-state index contributed by atoms with van der Waals surface area (Å²) >= 11 is 10.7. The molecule has 0 aliphatic rings. The SMILES string of the molecule is CC(C)Cn1c(SCC(=O)Nc2cccc(Br)c2)nc2cc(Cl)ccc2c1=O. The second-order valence-electron chi connectivity index (χ2n) is 6.71. The van der Waals surface area contributed by atoms with E-state index in [-0.39, 0.29) is 23.1 Å². The van der Waals surface area contributed by atoms with Crippen LogP contribution in [0.3, 0.4) is 0 Å². The van der Waals surface area contributed by atoms with Crippen LogP contribution < -0.4 is 10.9 Å². The molecule has 0 atom stereocenters. The molecule has 0 saturated carbocycles. The van der Waals surface area contributed by atoms with E-state index in [1.807, 2.05) is 38.1 Å². The number of aromatic nitrogens is 2. The van der Waals surface area contributed by atoms with Crippen molar-refractivity contribution in [1.82, 2.24) is 9.55 Å². The summed E-state index contributed by atoms with van der Waals surface area (Å²) in [4.78, 5) is 29.9. The van der Waals surface area contributed by atoms with Crippen LogP contribution in [0.15, 0.2) is 56.9 Å². The number of hydrogen-bond acceptors (Lipinski definition) is 4. The Labute approximate surface area is 180 Å². The summed E-state index contributed by atoms with van der Waals surface area (Å²) in [7, 11) is 0. The number of carbonyl (C=O) groups excluding carboxylic acids is 1. The number of carbonyl (C=O) groups is 1. The molecule has 0 radical (unpaired) electrons. The van der Waals surface area contributed by atoms with Gasteiger partial charge >= 0.3 is 0 Å². The molecular weight excluding hydrogens is 462 g/mol.